The van der Waals surface area contributed by atoms with Crippen LogP contribution in [0.25, 0.3) is 0 Å². The average molecular weight is 386 g/mol. The number of amides is 1. The molecule has 2 atom stereocenters. The molecule has 1 heterocycles. The number of aliphatic carboxylic acids is 1. The monoisotopic (exact) mass is 386 g/mol. The molecule has 1 amide bonds. The van der Waals surface area contributed by atoms with Crippen molar-refractivity contribution >= 4 is 21.9 Å². The van der Waals surface area contributed by atoms with Crippen LogP contribution in [0.5, 0.6) is 0 Å². The fourth-order valence-corrected chi connectivity index (χ4v) is 3.46. The lowest BCUT2D eigenvalue weighted by Crippen LogP contribution is -2.52. The minimum atomic E-state index is -3.74. The average Bonchev–Trinajstić information content (AvgIpc) is 2.60. The van der Waals surface area contributed by atoms with Gasteiger partial charge in [-0.1, -0.05) is 30.3 Å². The lowest BCUT2D eigenvalue weighted by Gasteiger charge is -2.35. The highest BCUT2D eigenvalue weighted by molar-refractivity contribution is 7.88. The molecule has 0 bridgehead atoms. The van der Waals surface area contributed by atoms with Gasteiger partial charge in [0, 0.05) is 19.6 Å². The summed E-state index contributed by atoms with van der Waals surface area (Å²) < 4.78 is 29.7. The van der Waals surface area contributed by atoms with Gasteiger partial charge in [-0.2, -0.15) is 4.31 Å². The number of carboxylic acid groups (broad SMARTS) is 1. The second kappa shape index (κ2) is 8.58. The van der Waals surface area contributed by atoms with Gasteiger partial charge in [0.2, 0.25) is 10.0 Å². The third-order valence-corrected chi connectivity index (χ3v) is 5.20. The number of sulfonamides is 1. The maximum atomic E-state index is 12.5. The first kappa shape index (κ1) is 20.3. The van der Waals surface area contributed by atoms with Crippen molar-refractivity contribution in [2.24, 2.45) is 0 Å². The minimum absolute atomic E-state index is 0.0639. The smallest absolute Gasteiger partial charge is 0.318 e. The second-order valence-electron chi connectivity index (χ2n) is 6.04. The topological polar surface area (TPSA) is 124 Å². The minimum Gasteiger partial charge on any atom is -0.480 e. The summed E-state index contributed by atoms with van der Waals surface area (Å²) in [6, 6.07) is 8.47. The molecule has 1 fully saturated rings. The summed E-state index contributed by atoms with van der Waals surface area (Å²) in [6.45, 7) is -0.371. The summed E-state index contributed by atoms with van der Waals surface area (Å²) in [5.41, 5.74) is 0.462. The second-order valence-corrected chi connectivity index (χ2v) is 8.02. The number of aliphatic hydroxyl groups excluding tert-OH is 1. The molecule has 0 radical (unpaired) electrons. The summed E-state index contributed by atoms with van der Waals surface area (Å²) in [4.78, 5) is 24.8. The van der Waals surface area contributed by atoms with Crippen molar-refractivity contribution in [2.45, 2.75) is 12.2 Å². The first-order valence-corrected chi connectivity index (χ1v) is 9.83. The quantitative estimate of drug-likeness (QED) is 0.634. The van der Waals surface area contributed by atoms with Gasteiger partial charge in [-0.3, -0.25) is 9.59 Å². The zero-order valence-corrected chi connectivity index (χ0v) is 15.1. The summed E-state index contributed by atoms with van der Waals surface area (Å²) in [7, 11) is -3.74. The van der Waals surface area contributed by atoms with Gasteiger partial charge >= 0.3 is 5.97 Å². The number of benzene rings is 1. The van der Waals surface area contributed by atoms with E-state index in [0.29, 0.717) is 5.56 Å². The van der Waals surface area contributed by atoms with Crippen LogP contribution >= 0.6 is 0 Å². The van der Waals surface area contributed by atoms with Crippen molar-refractivity contribution in [1.29, 1.82) is 0 Å². The van der Waals surface area contributed by atoms with E-state index in [4.69, 9.17) is 9.84 Å². The molecule has 9 nitrogen and oxygen atoms in total. The van der Waals surface area contributed by atoms with Gasteiger partial charge in [0.1, 0.15) is 6.54 Å². The van der Waals surface area contributed by atoms with Gasteiger partial charge in [0.25, 0.3) is 5.91 Å². The largest absolute Gasteiger partial charge is 0.480 e. The van der Waals surface area contributed by atoms with E-state index in [1.807, 2.05) is 0 Å². The predicted molar refractivity (Wildman–Crippen MR) is 91.8 cm³/mol. The zero-order chi connectivity index (χ0) is 19.3. The van der Waals surface area contributed by atoms with E-state index in [2.05, 4.69) is 0 Å². The Balaban J connectivity index is 2.03. The Bertz CT molecular complexity index is 738. The van der Waals surface area contributed by atoms with Gasteiger partial charge in [-0.15, -0.1) is 0 Å². The first-order chi connectivity index (χ1) is 12.2. The van der Waals surface area contributed by atoms with Crippen LogP contribution in [0, 0.1) is 0 Å². The van der Waals surface area contributed by atoms with Crippen molar-refractivity contribution in [3.8, 4) is 0 Å². The van der Waals surface area contributed by atoms with Crippen molar-refractivity contribution < 1.29 is 33.0 Å². The molecule has 0 aliphatic carbocycles. The predicted octanol–water partition coefficient (Wildman–Crippen LogP) is -0.706. The molecule has 0 saturated carbocycles. The molecule has 1 aromatic carbocycles. The normalized spacial score (nSPS) is 19.3. The lowest BCUT2D eigenvalue weighted by atomic mass is 10.1. The number of carboxylic acids is 1. The number of hydrogen-bond acceptors (Lipinski definition) is 6. The zero-order valence-electron chi connectivity index (χ0n) is 14.3. The molecule has 2 N–H and O–H groups in total. The number of ether oxygens (including phenoxy) is 1. The Morgan fingerprint density at radius 1 is 1.35 bits per heavy atom. The fraction of sp³-hybridized carbons (Fsp3) is 0.500. The van der Waals surface area contributed by atoms with E-state index < -0.39 is 40.7 Å². The van der Waals surface area contributed by atoms with Crippen LogP contribution < -0.4 is 0 Å². The molecule has 2 rings (SSSR count). The Morgan fingerprint density at radius 3 is 2.58 bits per heavy atom. The maximum absolute atomic E-state index is 12.5. The molecular formula is C16H22N2O7S. The highest BCUT2D eigenvalue weighted by atomic mass is 32.2. The van der Waals surface area contributed by atoms with Crippen LogP contribution in [-0.4, -0.2) is 84.9 Å². The van der Waals surface area contributed by atoms with E-state index >= 15 is 0 Å². The third kappa shape index (κ3) is 5.49. The van der Waals surface area contributed by atoms with E-state index in [1.54, 1.807) is 30.3 Å². The van der Waals surface area contributed by atoms with Crippen LogP contribution in [0.1, 0.15) is 11.7 Å². The van der Waals surface area contributed by atoms with Gasteiger partial charge in [0.05, 0.1) is 19.0 Å². The van der Waals surface area contributed by atoms with Crippen molar-refractivity contribution in [1.82, 2.24) is 9.21 Å². The van der Waals surface area contributed by atoms with Gasteiger partial charge < -0.3 is 19.8 Å². The SMILES string of the molecule is CS(=O)(=O)N(CC(=O)O)CC1CN(C(=O)[C@@H](O)c2ccccc2)CCO1. The number of morpholine rings is 1. The van der Waals surface area contributed by atoms with E-state index in [9.17, 15) is 23.1 Å². The van der Waals surface area contributed by atoms with Gasteiger partial charge in [0.15, 0.2) is 6.10 Å². The van der Waals surface area contributed by atoms with E-state index in [1.165, 1.54) is 4.90 Å². The number of hydrogen-bond donors (Lipinski definition) is 2. The summed E-state index contributed by atoms with van der Waals surface area (Å²) in [5.74, 6) is -1.78. The Hall–Kier alpha value is -2.01. The van der Waals surface area contributed by atoms with Crippen LogP contribution in [-0.2, 0) is 24.3 Å². The van der Waals surface area contributed by atoms with E-state index in [0.717, 1.165) is 10.6 Å². The molecule has 10 heteroatoms. The molecule has 1 aliphatic heterocycles. The molecule has 0 spiro atoms. The molecular weight excluding hydrogens is 364 g/mol. The van der Waals surface area contributed by atoms with Crippen LogP contribution in [0.15, 0.2) is 30.3 Å². The Labute approximate surface area is 151 Å². The number of carbonyl (C=O) groups is 2. The molecule has 144 valence electrons. The lowest BCUT2D eigenvalue weighted by molar-refractivity contribution is -0.149. The van der Waals surface area contributed by atoms with Crippen molar-refractivity contribution in [3.05, 3.63) is 35.9 Å². The molecule has 1 unspecified atom stereocenters. The Morgan fingerprint density at radius 2 is 2.00 bits per heavy atom. The molecule has 0 aromatic heterocycles. The van der Waals surface area contributed by atoms with Crippen LogP contribution in [0.3, 0.4) is 0 Å². The van der Waals surface area contributed by atoms with Crippen LogP contribution in [0.4, 0.5) is 0 Å². The number of carbonyl (C=O) groups excluding carboxylic acids is 1. The molecule has 1 aliphatic rings. The number of rotatable bonds is 7. The Kier molecular flexibility index (Phi) is 6.70. The molecule has 1 aromatic rings. The highest BCUT2D eigenvalue weighted by Gasteiger charge is 2.32. The fourth-order valence-electron chi connectivity index (χ4n) is 2.68. The van der Waals surface area contributed by atoms with Gasteiger partial charge in [-0.25, -0.2) is 8.42 Å². The summed E-state index contributed by atoms with van der Waals surface area (Å²) >= 11 is 0. The third-order valence-electron chi connectivity index (χ3n) is 3.99. The highest BCUT2D eigenvalue weighted by Crippen LogP contribution is 2.18. The molecule has 26 heavy (non-hydrogen) atoms. The number of nitrogens with zero attached hydrogens (tertiary/aromatic N) is 2. The first-order valence-electron chi connectivity index (χ1n) is 7.99. The standard InChI is InChI=1S/C16H22N2O7S/c1-26(23,24)18(11-14(19)20)10-13-9-17(7-8-25-13)16(22)15(21)12-5-3-2-4-6-12/h2-6,13,15,21H,7-11H2,1H3,(H,19,20)/t13?,15-/m0/s1. The number of aliphatic hydroxyl groups is 1. The van der Waals surface area contributed by atoms with Gasteiger partial charge in [-0.05, 0) is 5.56 Å². The van der Waals surface area contributed by atoms with E-state index in [-0.39, 0.29) is 26.2 Å². The summed E-state index contributed by atoms with van der Waals surface area (Å²) in [6.07, 6.45) is -1.08. The summed E-state index contributed by atoms with van der Waals surface area (Å²) in [5, 5.41) is 19.1. The van der Waals surface area contributed by atoms with Crippen molar-refractivity contribution in [3.63, 3.8) is 0 Å². The molecule has 1 saturated heterocycles. The maximum Gasteiger partial charge on any atom is 0.318 e. The van der Waals surface area contributed by atoms with Crippen LogP contribution in [0.2, 0.25) is 0 Å². The van der Waals surface area contributed by atoms with Crippen molar-refractivity contribution in [2.75, 3.05) is 39.0 Å².